The maximum atomic E-state index is 11.7. The predicted molar refractivity (Wildman–Crippen MR) is 101 cm³/mol. The number of ether oxygens (including phenoxy) is 1. The molecule has 0 saturated carbocycles. The molecule has 0 saturated heterocycles. The molecule has 1 N–H and O–H groups in total. The lowest BCUT2D eigenvalue weighted by molar-refractivity contribution is 0.101. The van der Waals surface area contributed by atoms with Crippen molar-refractivity contribution in [1.29, 1.82) is 0 Å². The Morgan fingerprint density at radius 2 is 2.04 bits per heavy atom. The van der Waals surface area contributed by atoms with E-state index in [1.807, 2.05) is 22.9 Å². The van der Waals surface area contributed by atoms with Crippen LogP contribution in [0.25, 0.3) is 11.4 Å². The molecule has 0 bridgehead atoms. The molecule has 25 heavy (non-hydrogen) atoms. The van der Waals surface area contributed by atoms with Gasteiger partial charge in [-0.2, -0.15) is 5.10 Å². The van der Waals surface area contributed by atoms with E-state index in [0.29, 0.717) is 18.2 Å². The van der Waals surface area contributed by atoms with Gasteiger partial charge in [0.2, 0.25) is 0 Å². The molecule has 5 nitrogen and oxygen atoms in total. The second kappa shape index (κ2) is 7.83. The van der Waals surface area contributed by atoms with E-state index < -0.39 is 0 Å². The van der Waals surface area contributed by atoms with E-state index in [2.05, 4.69) is 44.0 Å². The number of rotatable bonds is 4. The Morgan fingerprint density at radius 3 is 2.68 bits per heavy atom. The van der Waals surface area contributed by atoms with Crippen molar-refractivity contribution in [3.63, 3.8) is 0 Å². The van der Waals surface area contributed by atoms with Gasteiger partial charge in [0.05, 0.1) is 12.3 Å². The lowest BCUT2D eigenvalue weighted by Gasteiger charge is -2.11. The number of hydrogen-bond acceptors (Lipinski definition) is 4. The zero-order chi connectivity index (χ0) is 18.6. The highest BCUT2D eigenvalue weighted by atomic mass is 16.5. The number of fused-ring (bicyclic) bond motifs is 3. The van der Waals surface area contributed by atoms with Crippen molar-refractivity contribution >= 4 is 11.5 Å². The summed E-state index contributed by atoms with van der Waals surface area (Å²) in [4.78, 5) is 11.7. The van der Waals surface area contributed by atoms with E-state index >= 15 is 0 Å². The Kier molecular flexibility index (Phi) is 5.80. The Morgan fingerprint density at radius 1 is 1.32 bits per heavy atom. The molecule has 0 atom stereocenters. The first-order valence-corrected chi connectivity index (χ1v) is 8.28. The number of Topliss-reactive ketones (excluding diaryl/α,β-unsaturated/α-hetero) is 1. The van der Waals surface area contributed by atoms with Crippen molar-refractivity contribution in [2.24, 2.45) is 0 Å². The Bertz CT molecular complexity index is 790. The van der Waals surface area contributed by atoms with Gasteiger partial charge in [-0.25, -0.2) is 4.68 Å². The highest BCUT2D eigenvalue weighted by molar-refractivity contribution is 5.95. The average molecular weight is 339 g/mol. The number of carbonyl (C=O) groups is 1. The monoisotopic (exact) mass is 339 g/mol. The lowest BCUT2D eigenvalue weighted by Crippen LogP contribution is -2.20. The molecule has 1 aliphatic rings. The fourth-order valence-electron chi connectivity index (χ4n) is 2.67. The molecule has 1 aromatic heterocycles. The topological polar surface area (TPSA) is 56.2 Å². The molecule has 0 aliphatic carbocycles. The van der Waals surface area contributed by atoms with Crippen LogP contribution in [0.5, 0.6) is 5.75 Å². The fourth-order valence-corrected chi connectivity index (χ4v) is 2.67. The number of nitrogens with zero attached hydrogens (tertiary/aromatic N) is 2. The molecular formula is C20H25N3O2. The van der Waals surface area contributed by atoms with E-state index in [1.165, 1.54) is 0 Å². The summed E-state index contributed by atoms with van der Waals surface area (Å²) < 4.78 is 7.64. The maximum Gasteiger partial charge on any atom is 0.159 e. The third-order valence-electron chi connectivity index (χ3n) is 3.76. The van der Waals surface area contributed by atoms with Crippen LogP contribution in [0.2, 0.25) is 0 Å². The van der Waals surface area contributed by atoms with Gasteiger partial charge in [-0.1, -0.05) is 6.58 Å². The fraction of sp³-hybridized carbons (Fsp3) is 0.300. The molecule has 0 radical (unpaired) electrons. The van der Waals surface area contributed by atoms with Gasteiger partial charge in [0.25, 0.3) is 0 Å². The van der Waals surface area contributed by atoms with Gasteiger partial charge in [-0.15, -0.1) is 13.2 Å². The second-order valence-corrected chi connectivity index (χ2v) is 6.05. The van der Waals surface area contributed by atoms with Gasteiger partial charge in [0, 0.05) is 23.7 Å². The van der Waals surface area contributed by atoms with Crippen molar-refractivity contribution in [2.45, 2.75) is 33.2 Å². The summed E-state index contributed by atoms with van der Waals surface area (Å²) in [6, 6.07) is 7.78. The molecule has 0 amide bonds. The standard InChI is InChI=1S/C18H21N3O2.C2H4/c1-11(2)19-12(3)16-10-15-7-8-23-18-6-5-14(13(4)22)9-17(18)21(15)20-16;1-2/h5-6,9-11,19H,3,7-8H2,1-2,4H3;1-2H2. The molecule has 1 aliphatic heterocycles. The van der Waals surface area contributed by atoms with E-state index in [9.17, 15) is 4.79 Å². The Hall–Kier alpha value is -2.82. The smallest absolute Gasteiger partial charge is 0.159 e. The number of hydrogen-bond donors (Lipinski definition) is 1. The highest BCUT2D eigenvalue weighted by Crippen LogP contribution is 2.29. The van der Waals surface area contributed by atoms with Gasteiger partial charge in [-0.3, -0.25) is 4.79 Å². The van der Waals surface area contributed by atoms with Crippen molar-refractivity contribution < 1.29 is 9.53 Å². The van der Waals surface area contributed by atoms with Crippen LogP contribution in [-0.4, -0.2) is 28.2 Å². The number of nitrogens with one attached hydrogen (secondary N) is 1. The molecule has 3 rings (SSSR count). The van der Waals surface area contributed by atoms with Crippen LogP contribution in [0.3, 0.4) is 0 Å². The van der Waals surface area contributed by atoms with Crippen LogP contribution < -0.4 is 10.1 Å². The van der Waals surface area contributed by atoms with E-state index in [1.54, 1.807) is 13.0 Å². The average Bonchev–Trinajstić information content (AvgIpc) is 2.93. The summed E-state index contributed by atoms with van der Waals surface area (Å²) in [6.07, 6.45) is 0.756. The molecule has 0 fully saturated rings. The van der Waals surface area contributed by atoms with Gasteiger partial charge in [0.1, 0.15) is 17.1 Å². The van der Waals surface area contributed by atoms with Crippen LogP contribution in [0.4, 0.5) is 0 Å². The van der Waals surface area contributed by atoms with Crippen molar-refractivity contribution in [2.75, 3.05) is 6.61 Å². The molecule has 2 aromatic rings. The van der Waals surface area contributed by atoms with Gasteiger partial charge in [-0.05, 0) is 45.0 Å². The van der Waals surface area contributed by atoms with Crippen molar-refractivity contribution in [1.82, 2.24) is 15.1 Å². The molecule has 132 valence electrons. The first kappa shape index (κ1) is 18.5. The van der Waals surface area contributed by atoms with Crippen LogP contribution >= 0.6 is 0 Å². The third-order valence-corrected chi connectivity index (χ3v) is 3.76. The Balaban J connectivity index is 0.00000109. The molecule has 2 heterocycles. The highest BCUT2D eigenvalue weighted by Gasteiger charge is 2.19. The van der Waals surface area contributed by atoms with Crippen LogP contribution in [0.1, 0.15) is 42.5 Å². The Labute approximate surface area is 149 Å². The maximum absolute atomic E-state index is 11.7. The molecule has 0 spiro atoms. The summed E-state index contributed by atoms with van der Waals surface area (Å²) in [5.74, 6) is 0.766. The SMILES string of the molecule is C=C.C=C(NC(C)C)c1cc2n(n1)-c1cc(C(C)=O)ccc1OCC2. The minimum atomic E-state index is 0.0249. The summed E-state index contributed by atoms with van der Waals surface area (Å²) >= 11 is 0. The summed E-state index contributed by atoms with van der Waals surface area (Å²) in [7, 11) is 0. The number of carbonyl (C=O) groups excluding carboxylic acids is 1. The lowest BCUT2D eigenvalue weighted by atomic mass is 10.1. The zero-order valence-corrected chi connectivity index (χ0v) is 15.1. The minimum absolute atomic E-state index is 0.0249. The zero-order valence-electron chi connectivity index (χ0n) is 15.1. The van der Waals surface area contributed by atoms with Crippen LogP contribution in [-0.2, 0) is 6.42 Å². The van der Waals surface area contributed by atoms with Gasteiger partial charge in [0.15, 0.2) is 5.78 Å². The summed E-state index contributed by atoms with van der Waals surface area (Å²) in [5.41, 5.74) is 4.11. The van der Waals surface area contributed by atoms with Crippen molar-refractivity contribution in [3.8, 4) is 11.4 Å². The van der Waals surface area contributed by atoms with Crippen LogP contribution in [0, 0.1) is 0 Å². The second-order valence-electron chi connectivity index (χ2n) is 6.05. The van der Waals surface area contributed by atoms with E-state index in [4.69, 9.17) is 4.74 Å². The van der Waals surface area contributed by atoms with Crippen LogP contribution in [0.15, 0.2) is 44.0 Å². The van der Waals surface area contributed by atoms with Crippen molar-refractivity contribution in [3.05, 3.63) is 61.0 Å². The largest absolute Gasteiger partial charge is 0.491 e. The molecule has 0 unspecified atom stereocenters. The first-order chi connectivity index (χ1) is 12.0. The number of benzene rings is 1. The molecule has 1 aromatic carbocycles. The molecular weight excluding hydrogens is 314 g/mol. The van der Waals surface area contributed by atoms with E-state index in [0.717, 1.165) is 34.9 Å². The van der Waals surface area contributed by atoms with E-state index in [-0.39, 0.29) is 5.78 Å². The van der Waals surface area contributed by atoms with Gasteiger partial charge < -0.3 is 10.1 Å². The first-order valence-electron chi connectivity index (χ1n) is 8.28. The summed E-state index contributed by atoms with van der Waals surface area (Å²) in [5, 5.41) is 7.95. The third kappa shape index (κ3) is 3.99. The minimum Gasteiger partial charge on any atom is -0.491 e. The quantitative estimate of drug-likeness (QED) is 0.680. The number of ketones is 1. The normalized spacial score (nSPS) is 12.0. The molecule has 5 heteroatoms. The van der Waals surface area contributed by atoms with Gasteiger partial charge >= 0.3 is 0 Å². The number of aromatic nitrogens is 2. The predicted octanol–water partition coefficient (Wildman–Crippen LogP) is 3.78. The summed E-state index contributed by atoms with van der Waals surface area (Å²) in [6.45, 7) is 16.3.